The van der Waals surface area contributed by atoms with E-state index in [1.807, 2.05) is 0 Å². The van der Waals surface area contributed by atoms with Gasteiger partial charge in [-0.2, -0.15) is 13.2 Å². The first-order chi connectivity index (χ1) is 12.6. The van der Waals surface area contributed by atoms with Crippen molar-refractivity contribution in [2.75, 3.05) is 33.7 Å². The third kappa shape index (κ3) is 4.52. The number of hydrogen-bond acceptors (Lipinski definition) is 4. The van der Waals surface area contributed by atoms with Crippen LogP contribution >= 0.6 is 0 Å². The molecule has 0 aromatic heterocycles. The molecule has 0 bridgehead atoms. The monoisotopic (exact) mass is 388 g/mol. The first-order valence-electron chi connectivity index (χ1n) is 8.24. The summed E-state index contributed by atoms with van der Waals surface area (Å²) in [7, 11) is 2.87. The van der Waals surface area contributed by atoms with Crippen molar-refractivity contribution in [3.05, 3.63) is 12.7 Å². The zero-order valence-electron chi connectivity index (χ0n) is 15.1. The molecule has 1 saturated heterocycles. The number of hydrogen-bond donors (Lipinski definition) is 0. The standard InChI is InChI=1S/C16H21F3N5O3/c1-4-7-23(9-16(17,18)19)11(25)6-5-8-24-10-20-13-12(24)14(26)22(3)15(27)21(13)2/h4,10,12H,1,5-9H2,2-3H3/q+1. The lowest BCUT2D eigenvalue weighted by Crippen LogP contribution is -2.61. The number of carbonyl (C=O) groups excluding carboxylic acids is 3. The molecule has 2 aliphatic rings. The van der Waals surface area contributed by atoms with Crippen LogP contribution in [-0.4, -0.2) is 95.2 Å². The average Bonchev–Trinajstić information content (AvgIpc) is 3.00. The zero-order chi connectivity index (χ0) is 20.4. The Balaban J connectivity index is 1.94. The normalized spacial score (nSPS) is 19.7. The van der Waals surface area contributed by atoms with Crippen molar-refractivity contribution in [1.29, 1.82) is 0 Å². The Bertz CT molecular complexity index is 717. The van der Waals surface area contributed by atoms with Crippen molar-refractivity contribution < 1.29 is 32.1 Å². The van der Waals surface area contributed by atoms with Gasteiger partial charge in [-0.25, -0.2) is 9.37 Å². The summed E-state index contributed by atoms with van der Waals surface area (Å²) in [5.41, 5.74) is 0. The maximum Gasteiger partial charge on any atom is 0.406 e. The van der Waals surface area contributed by atoms with Gasteiger partial charge in [0, 0.05) is 27.1 Å². The number of alkyl halides is 3. The molecule has 2 heterocycles. The molecule has 1 atom stereocenters. The Morgan fingerprint density at radius 3 is 2.63 bits per heavy atom. The van der Waals surface area contributed by atoms with Crippen LogP contribution in [0.15, 0.2) is 17.6 Å². The summed E-state index contributed by atoms with van der Waals surface area (Å²) < 4.78 is 39.3. The number of fused-ring (bicyclic) bond motifs is 1. The molecule has 0 saturated carbocycles. The van der Waals surface area contributed by atoms with Crippen LogP contribution in [0.4, 0.5) is 18.0 Å². The van der Waals surface area contributed by atoms with E-state index in [1.54, 1.807) is 4.58 Å². The van der Waals surface area contributed by atoms with Gasteiger partial charge in [-0.1, -0.05) is 6.08 Å². The van der Waals surface area contributed by atoms with Crippen LogP contribution < -0.4 is 0 Å². The van der Waals surface area contributed by atoms with Gasteiger partial charge in [-0.05, 0) is 11.4 Å². The highest BCUT2D eigenvalue weighted by molar-refractivity contribution is 6.21. The summed E-state index contributed by atoms with van der Waals surface area (Å²) in [6.45, 7) is 2.07. The van der Waals surface area contributed by atoms with Crippen molar-refractivity contribution in [1.82, 2.24) is 14.7 Å². The summed E-state index contributed by atoms with van der Waals surface area (Å²) in [4.78, 5) is 43.3. The molecule has 11 heteroatoms. The van der Waals surface area contributed by atoms with Crippen LogP contribution in [0.25, 0.3) is 0 Å². The summed E-state index contributed by atoms with van der Waals surface area (Å²) >= 11 is 0. The number of halogens is 3. The van der Waals surface area contributed by atoms with Gasteiger partial charge >= 0.3 is 12.2 Å². The second-order valence-electron chi connectivity index (χ2n) is 6.26. The van der Waals surface area contributed by atoms with Gasteiger partial charge in [-0.3, -0.25) is 19.4 Å². The molecule has 0 aromatic rings. The van der Waals surface area contributed by atoms with E-state index in [9.17, 15) is 27.6 Å². The van der Waals surface area contributed by atoms with Crippen molar-refractivity contribution in [2.24, 2.45) is 4.99 Å². The molecule has 8 nitrogen and oxygen atoms in total. The lowest BCUT2D eigenvalue weighted by atomic mass is 10.1. The minimum absolute atomic E-state index is 0.116. The van der Waals surface area contributed by atoms with E-state index in [0.29, 0.717) is 10.7 Å². The SMILES string of the molecule is C=CCN(CC(F)(F)F)C(=O)CCC[N+]1=CN=C2C1C(=O)N(C)C(=O)N2C. The summed E-state index contributed by atoms with van der Waals surface area (Å²) in [5.74, 6) is -0.797. The van der Waals surface area contributed by atoms with Gasteiger partial charge in [0.2, 0.25) is 5.91 Å². The lowest BCUT2D eigenvalue weighted by Gasteiger charge is -2.30. The average molecular weight is 388 g/mol. The lowest BCUT2D eigenvalue weighted by molar-refractivity contribution is -0.531. The number of carbonyl (C=O) groups is 3. The number of urea groups is 1. The largest absolute Gasteiger partial charge is 0.406 e. The highest BCUT2D eigenvalue weighted by atomic mass is 19.4. The number of nitrogens with zero attached hydrogens (tertiary/aromatic N) is 5. The van der Waals surface area contributed by atoms with Gasteiger partial charge in [0.25, 0.3) is 24.1 Å². The van der Waals surface area contributed by atoms with E-state index in [-0.39, 0.29) is 25.9 Å². The molecule has 0 radical (unpaired) electrons. The number of aliphatic imine (C=N–C) groups is 1. The molecule has 148 valence electrons. The molecule has 0 aliphatic carbocycles. The van der Waals surface area contributed by atoms with E-state index in [4.69, 9.17) is 0 Å². The van der Waals surface area contributed by atoms with Gasteiger partial charge < -0.3 is 4.90 Å². The molecular weight excluding hydrogens is 367 g/mol. The predicted octanol–water partition coefficient (Wildman–Crippen LogP) is 0.689. The van der Waals surface area contributed by atoms with Gasteiger partial charge in [0.05, 0.1) is 6.54 Å². The summed E-state index contributed by atoms with van der Waals surface area (Å²) in [5, 5.41) is 0. The summed E-state index contributed by atoms with van der Waals surface area (Å²) in [6, 6.07) is -1.26. The van der Waals surface area contributed by atoms with Crippen LogP contribution in [0.1, 0.15) is 12.8 Å². The maximum absolute atomic E-state index is 12.6. The first kappa shape index (κ1) is 20.6. The molecular formula is C16H21F3N5O3+. The highest BCUT2D eigenvalue weighted by Crippen LogP contribution is 2.19. The molecule has 2 aliphatic heterocycles. The molecule has 1 fully saturated rings. The van der Waals surface area contributed by atoms with Crippen LogP contribution in [0.3, 0.4) is 0 Å². The van der Waals surface area contributed by atoms with E-state index in [1.165, 1.54) is 31.4 Å². The molecule has 1 unspecified atom stereocenters. The van der Waals surface area contributed by atoms with Crippen LogP contribution in [0, 0.1) is 0 Å². The second kappa shape index (κ2) is 7.89. The van der Waals surface area contributed by atoms with Gasteiger partial charge in [-0.15, -0.1) is 6.58 Å². The zero-order valence-corrected chi connectivity index (χ0v) is 15.1. The van der Waals surface area contributed by atoms with Crippen LogP contribution in [0.2, 0.25) is 0 Å². The quantitative estimate of drug-likeness (QED) is 0.476. The fraction of sp³-hybridized carbons (Fsp3) is 0.562. The number of amidine groups is 1. The van der Waals surface area contributed by atoms with Crippen LogP contribution in [-0.2, 0) is 9.59 Å². The predicted molar refractivity (Wildman–Crippen MR) is 90.4 cm³/mol. The Labute approximate surface area is 154 Å². The Morgan fingerprint density at radius 1 is 1.37 bits per heavy atom. The number of imide groups is 1. The highest BCUT2D eigenvalue weighted by Gasteiger charge is 2.50. The third-order valence-corrected chi connectivity index (χ3v) is 4.28. The van der Waals surface area contributed by atoms with Crippen molar-refractivity contribution in [3.63, 3.8) is 0 Å². The topological polar surface area (TPSA) is 76.3 Å². The number of likely N-dealkylation sites (N-methyl/N-ethyl adjacent to an activating group) is 2. The van der Waals surface area contributed by atoms with Crippen molar-refractivity contribution >= 4 is 30.0 Å². The minimum Gasteiger partial charge on any atom is -0.330 e. The molecule has 4 amide bonds. The molecule has 0 spiro atoms. The Morgan fingerprint density at radius 2 is 2.04 bits per heavy atom. The molecule has 0 N–H and O–H groups in total. The van der Waals surface area contributed by atoms with Gasteiger partial charge in [0.15, 0.2) is 0 Å². The fourth-order valence-corrected chi connectivity index (χ4v) is 2.93. The van der Waals surface area contributed by atoms with E-state index in [0.717, 1.165) is 4.90 Å². The Kier molecular flexibility index (Phi) is 6.01. The number of rotatable bonds is 7. The Hall–Kier alpha value is -2.72. The van der Waals surface area contributed by atoms with E-state index >= 15 is 0 Å². The first-order valence-corrected chi connectivity index (χ1v) is 8.24. The smallest absolute Gasteiger partial charge is 0.330 e. The maximum atomic E-state index is 12.6. The van der Waals surface area contributed by atoms with E-state index in [2.05, 4.69) is 11.6 Å². The van der Waals surface area contributed by atoms with Crippen LogP contribution in [0.5, 0.6) is 0 Å². The number of amides is 4. The second-order valence-corrected chi connectivity index (χ2v) is 6.26. The molecule has 0 aromatic carbocycles. The van der Waals surface area contributed by atoms with E-state index < -0.39 is 36.6 Å². The van der Waals surface area contributed by atoms with Crippen molar-refractivity contribution in [3.8, 4) is 0 Å². The van der Waals surface area contributed by atoms with Crippen molar-refractivity contribution in [2.45, 2.75) is 25.1 Å². The summed E-state index contributed by atoms with van der Waals surface area (Å²) in [6.07, 6.45) is -1.73. The molecule has 2 rings (SSSR count). The van der Waals surface area contributed by atoms with Gasteiger partial charge in [0.1, 0.15) is 6.54 Å². The molecule has 27 heavy (non-hydrogen) atoms. The third-order valence-electron chi connectivity index (χ3n) is 4.28. The fourth-order valence-electron chi connectivity index (χ4n) is 2.93. The minimum atomic E-state index is -4.49.